The van der Waals surface area contributed by atoms with E-state index in [-0.39, 0.29) is 18.4 Å². The standard InChI is InChI=1S/C22H27N3O2/c1-3-19-9-7-8-12-21(19)25(18(2)26)17-22(27)24-15-13-23(14-16-24)20-10-5-4-6-11-20/h4-12H,3,13-17H2,1-2H3. The molecule has 0 spiro atoms. The van der Waals surface area contributed by atoms with Gasteiger partial charge in [0, 0.05) is 44.5 Å². The van der Waals surface area contributed by atoms with Crippen molar-refractivity contribution in [1.29, 1.82) is 0 Å². The van der Waals surface area contributed by atoms with Crippen molar-refractivity contribution in [2.75, 3.05) is 42.5 Å². The first-order valence-corrected chi connectivity index (χ1v) is 9.54. The van der Waals surface area contributed by atoms with Gasteiger partial charge in [-0.25, -0.2) is 0 Å². The third-order valence-electron chi connectivity index (χ3n) is 5.09. The molecule has 0 aliphatic carbocycles. The van der Waals surface area contributed by atoms with Crippen LogP contribution in [0.15, 0.2) is 54.6 Å². The highest BCUT2D eigenvalue weighted by molar-refractivity contribution is 5.98. The number of hydrogen-bond donors (Lipinski definition) is 0. The summed E-state index contributed by atoms with van der Waals surface area (Å²) in [5.74, 6) is -0.101. The number of aryl methyl sites for hydroxylation is 1. The van der Waals surface area contributed by atoms with Crippen LogP contribution in [0.4, 0.5) is 11.4 Å². The van der Waals surface area contributed by atoms with Gasteiger partial charge in [0.1, 0.15) is 6.54 Å². The molecule has 27 heavy (non-hydrogen) atoms. The Kier molecular flexibility index (Phi) is 6.12. The van der Waals surface area contributed by atoms with Crippen molar-refractivity contribution in [1.82, 2.24) is 4.90 Å². The molecule has 1 saturated heterocycles. The van der Waals surface area contributed by atoms with Gasteiger partial charge in [0.05, 0.1) is 0 Å². The maximum absolute atomic E-state index is 12.8. The molecule has 2 amide bonds. The summed E-state index contributed by atoms with van der Waals surface area (Å²) < 4.78 is 0. The molecule has 0 bridgehead atoms. The van der Waals surface area contributed by atoms with Gasteiger partial charge < -0.3 is 14.7 Å². The van der Waals surface area contributed by atoms with E-state index in [4.69, 9.17) is 0 Å². The first kappa shape index (κ1) is 19.0. The number of rotatable bonds is 5. The van der Waals surface area contributed by atoms with Crippen molar-refractivity contribution in [2.24, 2.45) is 0 Å². The van der Waals surface area contributed by atoms with Crippen LogP contribution in [0.25, 0.3) is 0 Å². The number of para-hydroxylation sites is 2. The molecule has 2 aromatic carbocycles. The SMILES string of the molecule is CCc1ccccc1N(CC(=O)N1CCN(c2ccccc2)CC1)C(C)=O. The number of hydrogen-bond acceptors (Lipinski definition) is 3. The van der Waals surface area contributed by atoms with Gasteiger partial charge in [-0.15, -0.1) is 0 Å². The van der Waals surface area contributed by atoms with Gasteiger partial charge in [0.2, 0.25) is 11.8 Å². The lowest BCUT2D eigenvalue weighted by Crippen LogP contribution is -2.52. The van der Waals surface area contributed by atoms with Gasteiger partial charge >= 0.3 is 0 Å². The summed E-state index contributed by atoms with van der Waals surface area (Å²) in [4.78, 5) is 30.8. The monoisotopic (exact) mass is 365 g/mol. The fourth-order valence-corrected chi connectivity index (χ4v) is 3.53. The Hall–Kier alpha value is -2.82. The topological polar surface area (TPSA) is 43.9 Å². The van der Waals surface area contributed by atoms with Crippen LogP contribution in [0, 0.1) is 0 Å². The summed E-state index contributed by atoms with van der Waals surface area (Å²) >= 11 is 0. The van der Waals surface area contributed by atoms with E-state index >= 15 is 0 Å². The molecular formula is C22H27N3O2. The summed E-state index contributed by atoms with van der Waals surface area (Å²) in [7, 11) is 0. The maximum Gasteiger partial charge on any atom is 0.242 e. The predicted molar refractivity (Wildman–Crippen MR) is 109 cm³/mol. The smallest absolute Gasteiger partial charge is 0.242 e. The zero-order chi connectivity index (χ0) is 19.2. The fourth-order valence-electron chi connectivity index (χ4n) is 3.53. The van der Waals surface area contributed by atoms with Crippen molar-refractivity contribution >= 4 is 23.2 Å². The van der Waals surface area contributed by atoms with E-state index in [9.17, 15) is 9.59 Å². The maximum atomic E-state index is 12.8. The number of anilines is 2. The van der Waals surface area contributed by atoms with Gasteiger partial charge in [-0.3, -0.25) is 9.59 Å². The van der Waals surface area contributed by atoms with Crippen molar-refractivity contribution in [3.05, 3.63) is 60.2 Å². The van der Waals surface area contributed by atoms with Crippen LogP contribution in [0.3, 0.4) is 0 Å². The van der Waals surface area contributed by atoms with Crippen LogP contribution >= 0.6 is 0 Å². The van der Waals surface area contributed by atoms with Crippen LogP contribution in [0.2, 0.25) is 0 Å². The lowest BCUT2D eigenvalue weighted by atomic mass is 10.1. The number of carbonyl (C=O) groups excluding carboxylic acids is 2. The Morgan fingerprint density at radius 2 is 1.56 bits per heavy atom. The summed E-state index contributed by atoms with van der Waals surface area (Å²) in [5.41, 5.74) is 3.10. The molecular weight excluding hydrogens is 338 g/mol. The quantitative estimate of drug-likeness (QED) is 0.818. The second-order valence-corrected chi connectivity index (χ2v) is 6.79. The second-order valence-electron chi connectivity index (χ2n) is 6.79. The van der Waals surface area contributed by atoms with Crippen molar-refractivity contribution in [3.63, 3.8) is 0 Å². The predicted octanol–water partition coefficient (Wildman–Crippen LogP) is 2.95. The molecule has 1 aliphatic rings. The highest BCUT2D eigenvalue weighted by atomic mass is 16.2. The highest BCUT2D eigenvalue weighted by Crippen LogP contribution is 2.22. The molecule has 142 valence electrons. The van der Waals surface area contributed by atoms with Crippen molar-refractivity contribution in [3.8, 4) is 0 Å². The fraction of sp³-hybridized carbons (Fsp3) is 0.364. The van der Waals surface area contributed by atoms with Crippen molar-refractivity contribution in [2.45, 2.75) is 20.3 Å². The molecule has 0 radical (unpaired) electrons. The molecule has 0 aromatic heterocycles. The first-order chi connectivity index (χ1) is 13.1. The Morgan fingerprint density at radius 1 is 0.926 bits per heavy atom. The number of carbonyl (C=O) groups is 2. The van der Waals surface area contributed by atoms with Gasteiger partial charge in [-0.05, 0) is 30.2 Å². The minimum absolute atomic E-state index is 0.00354. The van der Waals surface area contributed by atoms with Gasteiger partial charge in [0.25, 0.3) is 0 Å². The molecule has 3 rings (SSSR count). The number of nitrogens with zero attached hydrogens (tertiary/aromatic N) is 3. The van der Waals surface area contributed by atoms with Crippen LogP contribution in [-0.2, 0) is 16.0 Å². The normalized spacial score (nSPS) is 14.1. The number of benzene rings is 2. The molecule has 0 atom stereocenters. The summed E-state index contributed by atoms with van der Waals surface area (Å²) in [6.45, 7) is 6.64. The van der Waals surface area contributed by atoms with E-state index in [1.54, 1.807) is 4.90 Å². The van der Waals surface area contributed by atoms with Gasteiger partial charge in [0.15, 0.2) is 0 Å². The second kappa shape index (κ2) is 8.71. The van der Waals surface area contributed by atoms with E-state index < -0.39 is 0 Å². The molecule has 1 aliphatic heterocycles. The molecule has 2 aromatic rings. The van der Waals surface area contributed by atoms with Crippen LogP contribution in [0.5, 0.6) is 0 Å². The minimum atomic E-state index is -0.104. The lowest BCUT2D eigenvalue weighted by molar-refractivity contribution is -0.131. The molecule has 5 heteroatoms. The zero-order valence-corrected chi connectivity index (χ0v) is 16.1. The van der Waals surface area contributed by atoms with E-state index in [2.05, 4.69) is 24.0 Å². The van der Waals surface area contributed by atoms with Crippen LogP contribution in [-0.4, -0.2) is 49.4 Å². The number of piperazine rings is 1. The van der Waals surface area contributed by atoms with E-state index in [1.165, 1.54) is 12.6 Å². The van der Waals surface area contributed by atoms with Gasteiger partial charge in [-0.2, -0.15) is 0 Å². The summed E-state index contributed by atoms with van der Waals surface area (Å²) in [5, 5.41) is 0. The van der Waals surface area contributed by atoms with Crippen LogP contribution < -0.4 is 9.80 Å². The molecule has 0 unspecified atom stereocenters. The van der Waals surface area contributed by atoms with Gasteiger partial charge in [-0.1, -0.05) is 43.3 Å². The minimum Gasteiger partial charge on any atom is -0.368 e. The average molecular weight is 365 g/mol. The van der Waals surface area contributed by atoms with Crippen LogP contribution in [0.1, 0.15) is 19.4 Å². The Labute approximate surface area is 161 Å². The zero-order valence-electron chi connectivity index (χ0n) is 16.1. The third kappa shape index (κ3) is 4.48. The third-order valence-corrected chi connectivity index (χ3v) is 5.09. The highest BCUT2D eigenvalue weighted by Gasteiger charge is 2.25. The number of amides is 2. The lowest BCUT2D eigenvalue weighted by Gasteiger charge is -2.37. The Balaban J connectivity index is 1.64. The average Bonchev–Trinajstić information content (AvgIpc) is 2.72. The van der Waals surface area contributed by atoms with E-state index in [0.29, 0.717) is 13.1 Å². The Morgan fingerprint density at radius 3 is 2.19 bits per heavy atom. The summed E-state index contributed by atoms with van der Waals surface area (Å²) in [6, 6.07) is 18.1. The summed E-state index contributed by atoms with van der Waals surface area (Å²) in [6.07, 6.45) is 0.823. The Bertz CT molecular complexity index is 783. The van der Waals surface area contributed by atoms with Crippen molar-refractivity contribution < 1.29 is 9.59 Å². The van der Waals surface area contributed by atoms with E-state index in [1.807, 2.05) is 47.4 Å². The largest absolute Gasteiger partial charge is 0.368 e. The molecule has 0 N–H and O–H groups in total. The first-order valence-electron chi connectivity index (χ1n) is 9.54. The molecule has 1 fully saturated rings. The van der Waals surface area contributed by atoms with E-state index in [0.717, 1.165) is 30.8 Å². The molecule has 0 saturated carbocycles. The molecule has 5 nitrogen and oxygen atoms in total. The molecule has 1 heterocycles.